The van der Waals surface area contributed by atoms with E-state index in [1.165, 1.54) is 0 Å². The summed E-state index contributed by atoms with van der Waals surface area (Å²) in [5, 5.41) is 3.23. The molecule has 2 rings (SSSR count). The SMILES string of the molecule is Cc1cccc(CNc2ccc(N)c(OC(C)(C)C)n2)n1. The number of aromatic nitrogens is 2. The lowest BCUT2D eigenvalue weighted by atomic mass is 10.2. The second kappa shape index (κ2) is 5.99. The molecule has 0 aromatic carbocycles. The lowest BCUT2D eigenvalue weighted by Crippen LogP contribution is -2.24. The summed E-state index contributed by atoms with van der Waals surface area (Å²) in [6.07, 6.45) is 0. The monoisotopic (exact) mass is 286 g/mol. The molecule has 5 nitrogen and oxygen atoms in total. The summed E-state index contributed by atoms with van der Waals surface area (Å²) < 4.78 is 5.75. The Morgan fingerprint density at radius 2 is 1.90 bits per heavy atom. The zero-order valence-corrected chi connectivity index (χ0v) is 13.0. The molecule has 0 bridgehead atoms. The third-order valence-electron chi connectivity index (χ3n) is 2.69. The fraction of sp³-hybridized carbons (Fsp3) is 0.375. The average molecular weight is 286 g/mol. The van der Waals surface area contributed by atoms with Crippen LogP contribution in [0.25, 0.3) is 0 Å². The van der Waals surface area contributed by atoms with Gasteiger partial charge < -0.3 is 15.8 Å². The standard InChI is InChI=1S/C16H22N4O/c1-11-6-5-7-12(19-11)10-18-14-9-8-13(17)15(20-14)21-16(2,3)4/h5-9H,10,17H2,1-4H3,(H,18,20). The molecule has 3 N–H and O–H groups in total. The number of ether oxygens (including phenoxy) is 1. The molecule has 0 unspecified atom stereocenters. The van der Waals surface area contributed by atoms with Gasteiger partial charge in [-0.1, -0.05) is 6.07 Å². The van der Waals surface area contributed by atoms with Crippen LogP contribution < -0.4 is 15.8 Å². The molecule has 0 spiro atoms. The van der Waals surface area contributed by atoms with Crippen molar-refractivity contribution in [3.05, 3.63) is 41.7 Å². The van der Waals surface area contributed by atoms with Crippen LogP contribution in [-0.4, -0.2) is 15.6 Å². The second-order valence-electron chi connectivity index (χ2n) is 5.93. The number of nitrogens with two attached hydrogens (primary N) is 1. The van der Waals surface area contributed by atoms with Gasteiger partial charge in [0.25, 0.3) is 0 Å². The van der Waals surface area contributed by atoms with Crippen LogP contribution in [0.3, 0.4) is 0 Å². The van der Waals surface area contributed by atoms with E-state index in [9.17, 15) is 0 Å². The van der Waals surface area contributed by atoms with E-state index >= 15 is 0 Å². The molecule has 0 radical (unpaired) electrons. The third kappa shape index (κ3) is 4.63. The number of anilines is 2. The molecular formula is C16H22N4O. The van der Waals surface area contributed by atoms with Crippen molar-refractivity contribution in [1.82, 2.24) is 9.97 Å². The Morgan fingerprint density at radius 3 is 2.57 bits per heavy atom. The van der Waals surface area contributed by atoms with Gasteiger partial charge in [0.15, 0.2) is 0 Å². The first kappa shape index (κ1) is 15.1. The minimum absolute atomic E-state index is 0.335. The Hall–Kier alpha value is -2.30. The van der Waals surface area contributed by atoms with Crippen LogP contribution in [0.1, 0.15) is 32.2 Å². The first-order valence-corrected chi connectivity index (χ1v) is 6.95. The van der Waals surface area contributed by atoms with E-state index in [0.717, 1.165) is 11.4 Å². The lowest BCUT2D eigenvalue weighted by molar-refractivity contribution is 0.125. The Bertz CT molecular complexity index is 620. The van der Waals surface area contributed by atoms with Crippen molar-refractivity contribution in [2.45, 2.75) is 39.8 Å². The van der Waals surface area contributed by atoms with Crippen LogP contribution in [0, 0.1) is 6.92 Å². The molecule has 0 amide bonds. The molecule has 112 valence electrons. The summed E-state index contributed by atoms with van der Waals surface area (Å²) in [5.74, 6) is 1.16. The molecule has 0 aliphatic carbocycles. The molecule has 0 aliphatic heterocycles. The quantitative estimate of drug-likeness (QED) is 0.903. The van der Waals surface area contributed by atoms with Gasteiger partial charge in [-0.3, -0.25) is 4.98 Å². The van der Waals surface area contributed by atoms with Gasteiger partial charge in [-0.25, -0.2) is 0 Å². The summed E-state index contributed by atoms with van der Waals surface area (Å²) in [7, 11) is 0. The van der Waals surface area contributed by atoms with E-state index in [-0.39, 0.29) is 5.60 Å². The average Bonchev–Trinajstić information content (AvgIpc) is 2.38. The first-order valence-electron chi connectivity index (χ1n) is 6.95. The summed E-state index contributed by atoms with van der Waals surface area (Å²) >= 11 is 0. The minimum atomic E-state index is -0.335. The van der Waals surface area contributed by atoms with Gasteiger partial charge in [-0.15, -0.1) is 0 Å². The smallest absolute Gasteiger partial charge is 0.239 e. The summed E-state index contributed by atoms with van der Waals surface area (Å²) in [6.45, 7) is 8.47. The van der Waals surface area contributed by atoms with E-state index in [4.69, 9.17) is 10.5 Å². The Labute approximate surface area is 125 Å². The van der Waals surface area contributed by atoms with Crippen LogP contribution in [0.2, 0.25) is 0 Å². The molecule has 21 heavy (non-hydrogen) atoms. The number of rotatable bonds is 4. The molecule has 0 saturated heterocycles. The fourth-order valence-electron chi connectivity index (χ4n) is 1.80. The van der Waals surface area contributed by atoms with Gasteiger partial charge >= 0.3 is 0 Å². The molecule has 2 heterocycles. The fourth-order valence-corrected chi connectivity index (χ4v) is 1.80. The number of nitrogens with zero attached hydrogens (tertiary/aromatic N) is 2. The summed E-state index contributed by atoms with van der Waals surface area (Å²) in [6, 6.07) is 9.56. The highest BCUT2D eigenvalue weighted by atomic mass is 16.5. The van der Waals surface area contributed by atoms with Gasteiger partial charge in [-0.2, -0.15) is 4.98 Å². The van der Waals surface area contributed by atoms with Gasteiger partial charge in [0.1, 0.15) is 11.4 Å². The molecule has 0 aliphatic rings. The van der Waals surface area contributed by atoms with Crippen molar-refractivity contribution in [3.63, 3.8) is 0 Å². The Balaban J connectivity index is 2.09. The first-order chi connectivity index (χ1) is 9.83. The zero-order valence-electron chi connectivity index (χ0n) is 13.0. The number of pyridine rings is 2. The predicted octanol–water partition coefficient (Wildman–Crippen LogP) is 3.16. The Morgan fingerprint density at radius 1 is 1.14 bits per heavy atom. The molecule has 0 fully saturated rings. The molecule has 2 aromatic heterocycles. The van der Waals surface area contributed by atoms with Gasteiger partial charge in [0.2, 0.25) is 5.88 Å². The van der Waals surface area contributed by atoms with Crippen molar-refractivity contribution in [2.24, 2.45) is 0 Å². The van der Waals surface area contributed by atoms with Crippen LogP contribution >= 0.6 is 0 Å². The number of nitrogens with one attached hydrogen (secondary N) is 1. The van der Waals surface area contributed by atoms with Gasteiger partial charge in [0.05, 0.1) is 17.9 Å². The molecule has 2 aromatic rings. The van der Waals surface area contributed by atoms with E-state index in [0.29, 0.717) is 23.9 Å². The maximum atomic E-state index is 5.90. The maximum absolute atomic E-state index is 5.90. The molecule has 5 heteroatoms. The van der Waals surface area contributed by atoms with Crippen LogP contribution in [0.5, 0.6) is 5.88 Å². The van der Waals surface area contributed by atoms with E-state index in [2.05, 4.69) is 15.3 Å². The van der Waals surface area contributed by atoms with E-state index in [1.807, 2.05) is 52.0 Å². The van der Waals surface area contributed by atoms with E-state index in [1.54, 1.807) is 6.07 Å². The number of hydrogen-bond acceptors (Lipinski definition) is 5. The van der Waals surface area contributed by atoms with Gasteiger partial charge in [-0.05, 0) is 52.0 Å². The zero-order chi connectivity index (χ0) is 15.5. The lowest BCUT2D eigenvalue weighted by Gasteiger charge is -2.21. The predicted molar refractivity (Wildman–Crippen MR) is 85.3 cm³/mol. The maximum Gasteiger partial charge on any atom is 0.239 e. The number of hydrogen-bond donors (Lipinski definition) is 2. The summed E-state index contributed by atoms with van der Waals surface area (Å²) in [4.78, 5) is 8.85. The number of nitrogen functional groups attached to an aromatic ring is 1. The van der Waals surface area contributed by atoms with Crippen molar-refractivity contribution >= 4 is 11.5 Å². The van der Waals surface area contributed by atoms with Crippen molar-refractivity contribution in [3.8, 4) is 5.88 Å². The number of aryl methyl sites for hydroxylation is 1. The van der Waals surface area contributed by atoms with E-state index < -0.39 is 0 Å². The van der Waals surface area contributed by atoms with Crippen LogP contribution in [0.15, 0.2) is 30.3 Å². The normalized spacial score (nSPS) is 11.2. The molecule has 0 atom stereocenters. The molecule has 0 saturated carbocycles. The second-order valence-corrected chi connectivity index (χ2v) is 5.93. The topological polar surface area (TPSA) is 73.1 Å². The third-order valence-corrected chi connectivity index (χ3v) is 2.69. The van der Waals surface area contributed by atoms with Crippen molar-refractivity contribution in [1.29, 1.82) is 0 Å². The summed E-state index contributed by atoms with van der Waals surface area (Å²) in [5.41, 5.74) is 8.05. The van der Waals surface area contributed by atoms with Crippen LogP contribution in [-0.2, 0) is 6.54 Å². The highest BCUT2D eigenvalue weighted by Gasteiger charge is 2.15. The van der Waals surface area contributed by atoms with Crippen molar-refractivity contribution < 1.29 is 4.74 Å². The van der Waals surface area contributed by atoms with Crippen molar-refractivity contribution in [2.75, 3.05) is 11.1 Å². The highest BCUT2D eigenvalue weighted by molar-refractivity contribution is 5.53. The largest absolute Gasteiger partial charge is 0.470 e. The Kier molecular flexibility index (Phi) is 4.31. The minimum Gasteiger partial charge on any atom is -0.470 e. The molecular weight excluding hydrogens is 264 g/mol. The van der Waals surface area contributed by atoms with Gasteiger partial charge in [0, 0.05) is 5.69 Å². The highest BCUT2D eigenvalue weighted by Crippen LogP contribution is 2.25. The van der Waals surface area contributed by atoms with Crippen LogP contribution in [0.4, 0.5) is 11.5 Å².